The topological polar surface area (TPSA) is 42.4 Å². The van der Waals surface area contributed by atoms with E-state index in [0.29, 0.717) is 17.3 Å². The van der Waals surface area contributed by atoms with Gasteiger partial charge in [-0.05, 0) is 19.2 Å². The SMILES string of the molecule is CCN(CC)Cc1cc(Cl)c(CN)o1. The van der Waals surface area contributed by atoms with Crippen LogP contribution in [-0.4, -0.2) is 18.0 Å². The van der Waals surface area contributed by atoms with Gasteiger partial charge < -0.3 is 10.2 Å². The highest BCUT2D eigenvalue weighted by Gasteiger charge is 2.09. The molecule has 1 heterocycles. The standard InChI is InChI=1S/C10H17ClN2O/c1-3-13(4-2)7-8-5-9(11)10(6-12)14-8/h5H,3-4,6-7,12H2,1-2H3. The molecule has 0 aliphatic heterocycles. The first-order valence-corrected chi connectivity index (χ1v) is 5.28. The number of rotatable bonds is 5. The predicted molar refractivity (Wildman–Crippen MR) is 58.2 cm³/mol. The van der Waals surface area contributed by atoms with Crippen molar-refractivity contribution in [3.05, 3.63) is 22.6 Å². The summed E-state index contributed by atoms with van der Waals surface area (Å²) in [5, 5.41) is 0.634. The average Bonchev–Trinajstić information content (AvgIpc) is 2.55. The van der Waals surface area contributed by atoms with E-state index in [4.69, 9.17) is 21.8 Å². The fraction of sp³-hybridized carbons (Fsp3) is 0.600. The Bertz CT molecular complexity index is 282. The van der Waals surface area contributed by atoms with Crippen molar-refractivity contribution in [1.82, 2.24) is 4.90 Å². The molecule has 1 aromatic rings. The van der Waals surface area contributed by atoms with E-state index in [1.807, 2.05) is 6.07 Å². The van der Waals surface area contributed by atoms with Crippen LogP contribution in [0.25, 0.3) is 0 Å². The third kappa shape index (κ3) is 2.74. The maximum atomic E-state index is 5.92. The molecule has 0 aliphatic rings. The van der Waals surface area contributed by atoms with Gasteiger partial charge in [-0.2, -0.15) is 0 Å². The van der Waals surface area contributed by atoms with Crippen LogP contribution in [0.3, 0.4) is 0 Å². The van der Waals surface area contributed by atoms with Crippen LogP contribution in [0.1, 0.15) is 25.4 Å². The number of hydrogen-bond donors (Lipinski definition) is 1. The molecule has 0 radical (unpaired) electrons. The number of nitrogens with two attached hydrogens (primary N) is 1. The number of furan rings is 1. The monoisotopic (exact) mass is 216 g/mol. The highest BCUT2D eigenvalue weighted by Crippen LogP contribution is 2.21. The van der Waals surface area contributed by atoms with Crippen molar-refractivity contribution in [1.29, 1.82) is 0 Å². The quantitative estimate of drug-likeness (QED) is 0.821. The largest absolute Gasteiger partial charge is 0.462 e. The first-order chi connectivity index (χ1) is 6.71. The van der Waals surface area contributed by atoms with E-state index in [9.17, 15) is 0 Å². The molecule has 0 amide bonds. The summed E-state index contributed by atoms with van der Waals surface area (Å²) in [7, 11) is 0. The summed E-state index contributed by atoms with van der Waals surface area (Å²) in [4.78, 5) is 2.26. The average molecular weight is 217 g/mol. The molecule has 0 aromatic carbocycles. The van der Waals surface area contributed by atoms with Gasteiger partial charge in [0.1, 0.15) is 11.5 Å². The van der Waals surface area contributed by atoms with Crippen LogP contribution in [0.15, 0.2) is 10.5 Å². The van der Waals surface area contributed by atoms with Gasteiger partial charge in [-0.1, -0.05) is 25.4 Å². The van der Waals surface area contributed by atoms with Gasteiger partial charge in [0, 0.05) is 0 Å². The van der Waals surface area contributed by atoms with Crippen molar-refractivity contribution in [2.45, 2.75) is 26.9 Å². The van der Waals surface area contributed by atoms with E-state index in [2.05, 4.69) is 18.7 Å². The molecule has 4 heteroatoms. The predicted octanol–water partition coefficient (Wildman–Crippen LogP) is 2.23. The van der Waals surface area contributed by atoms with Crippen molar-refractivity contribution in [2.75, 3.05) is 13.1 Å². The Morgan fingerprint density at radius 2 is 2.07 bits per heavy atom. The van der Waals surface area contributed by atoms with Crippen LogP contribution in [0.5, 0.6) is 0 Å². The number of nitrogens with zero attached hydrogens (tertiary/aromatic N) is 1. The molecule has 1 aromatic heterocycles. The summed E-state index contributed by atoms with van der Waals surface area (Å²) in [6.45, 7) is 7.42. The molecule has 0 unspecified atom stereocenters. The molecular weight excluding hydrogens is 200 g/mol. The fourth-order valence-electron chi connectivity index (χ4n) is 1.34. The van der Waals surface area contributed by atoms with Crippen molar-refractivity contribution >= 4 is 11.6 Å². The van der Waals surface area contributed by atoms with Crippen LogP contribution in [0.4, 0.5) is 0 Å². The normalized spacial score (nSPS) is 11.2. The summed E-state index contributed by atoms with van der Waals surface area (Å²) >= 11 is 5.92. The molecule has 1 rings (SSSR count). The zero-order valence-corrected chi connectivity index (χ0v) is 9.47. The number of halogens is 1. The summed E-state index contributed by atoms with van der Waals surface area (Å²) in [6.07, 6.45) is 0. The molecule has 0 atom stereocenters. The zero-order valence-electron chi connectivity index (χ0n) is 8.72. The molecular formula is C10H17ClN2O. The van der Waals surface area contributed by atoms with Gasteiger partial charge in [0.25, 0.3) is 0 Å². The highest BCUT2D eigenvalue weighted by molar-refractivity contribution is 6.31. The lowest BCUT2D eigenvalue weighted by Gasteiger charge is -2.15. The van der Waals surface area contributed by atoms with Crippen LogP contribution >= 0.6 is 11.6 Å². The van der Waals surface area contributed by atoms with Gasteiger partial charge in [-0.15, -0.1) is 0 Å². The lowest BCUT2D eigenvalue weighted by Crippen LogP contribution is -2.21. The second kappa shape index (κ2) is 5.39. The zero-order chi connectivity index (χ0) is 10.6. The summed E-state index contributed by atoms with van der Waals surface area (Å²) in [5.41, 5.74) is 5.47. The molecule has 0 aliphatic carbocycles. The number of hydrogen-bond acceptors (Lipinski definition) is 3. The van der Waals surface area contributed by atoms with Gasteiger partial charge in [-0.25, -0.2) is 0 Å². The van der Waals surface area contributed by atoms with E-state index in [1.165, 1.54) is 0 Å². The Morgan fingerprint density at radius 3 is 2.50 bits per heavy atom. The lowest BCUT2D eigenvalue weighted by atomic mass is 10.4. The van der Waals surface area contributed by atoms with E-state index >= 15 is 0 Å². The molecule has 80 valence electrons. The highest BCUT2D eigenvalue weighted by atomic mass is 35.5. The van der Waals surface area contributed by atoms with Crippen molar-refractivity contribution < 1.29 is 4.42 Å². The molecule has 0 saturated carbocycles. The minimum atomic E-state index is 0.358. The van der Waals surface area contributed by atoms with Crippen LogP contribution < -0.4 is 5.73 Å². The van der Waals surface area contributed by atoms with Gasteiger partial charge in [-0.3, -0.25) is 4.90 Å². The molecule has 0 bridgehead atoms. The van der Waals surface area contributed by atoms with E-state index in [-0.39, 0.29) is 0 Å². The van der Waals surface area contributed by atoms with Crippen molar-refractivity contribution in [2.24, 2.45) is 5.73 Å². The summed E-state index contributed by atoms with van der Waals surface area (Å²) in [6, 6.07) is 1.85. The van der Waals surface area contributed by atoms with Crippen LogP contribution in [0.2, 0.25) is 5.02 Å². The minimum absolute atomic E-state index is 0.358. The van der Waals surface area contributed by atoms with Gasteiger partial charge in [0.05, 0.1) is 18.1 Å². The molecule has 0 fully saturated rings. The van der Waals surface area contributed by atoms with Crippen molar-refractivity contribution in [3.8, 4) is 0 Å². The van der Waals surface area contributed by atoms with Gasteiger partial charge >= 0.3 is 0 Å². The third-order valence-electron chi connectivity index (χ3n) is 2.27. The third-order valence-corrected chi connectivity index (χ3v) is 2.59. The van der Waals surface area contributed by atoms with E-state index in [0.717, 1.165) is 25.4 Å². The smallest absolute Gasteiger partial charge is 0.136 e. The molecule has 3 nitrogen and oxygen atoms in total. The van der Waals surface area contributed by atoms with E-state index in [1.54, 1.807) is 0 Å². The van der Waals surface area contributed by atoms with Crippen LogP contribution in [0, 0.1) is 0 Å². The van der Waals surface area contributed by atoms with E-state index < -0.39 is 0 Å². The summed E-state index contributed by atoms with van der Waals surface area (Å²) < 4.78 is 5.50. The Labute approximate surface area is 89.8 Å². The molecule has 2 N–H and O–H groups in total. The first-order valence-electron chi connectivity index (χ1n) is 4.90. The molecule has 14 heavy (non-hydrogen) atoms. The maximum absolute atomic E-state index is 5.92. The summed E-state index contributed by atoms with van der Waals surface area (Å²) in [5.74, 6) is 1.56. The Morgan fingerprint density at radius 1 is 1.43 bits per heavy atom. The minimum Gasteiger partial charge on any atom is -0.462 e. The van der Waals surface area contributed by atoms with Gasteiger partial charge in [0.15, 0.2) is 0 Å². The first kappa shape index (κ1) is 11.6. The van der Waals surface area contributed by atoms with Crippen molar-refractivity contribution in [3.63, 3.8) is 0 Å². The second-order valence-corrected chi connectivity index (χ2v) is 3.56. The molecule has 0 spiro atoms. The van der Waals surface area contributed by atoms with Crippen LogP contribution in [-0.2, 0) is 13.1 Å². The Kier molecular flexibility index (Phi) is 4.45. The molecule has 0 saturated heterocycles. The second-order valence-electron chi connectivity index (χ2n) is 3.15. The maximum Gasteiger partial charge on any atom is 0.136 e. The Hall–Kier alpha value is -0.510. The lowest BCUT2D eigenvalue weighted by molar-refractivity contribution is 0.265. The van der Waals surface area contributed by atoms with Gasteiger partial charge in [0.2, 0.25) is 0 Å². The fourth-order valence-corrected chi connectivity index (χ4v) is 1.58. The Balaban J connectivity index is 2.67.